The molecule has 27 heavy (non-hydrogen) atoms. The second-order valence-corrected chi connectivity index (χ2v) is 7.83. The zero-order chi connectivity index (χ0) is 19.8. The highest BCUT2D eigenvalue weighted by molar-refractivity contribution is 6.44. The molecule has 3 rings (SSSR count). The molecule has 1 aromatic rings. The van der Waals surface area contributed by atoms with E-state index in [0.29, 0.717) is 11.1 Å². The molecule has 2 aliphatic rings. The summed E-state index contributed by atoms with van der Waals surface area (Å²) in [6.07, 6.45) is -4.59. The molecule has 1 spiro atoms. The molecule has 1 saturated heterocycles. The monoisotopic (exact) mass is 424 g/mol. The first-order valence-corrected chi connectivity index (χ1v) is 9.32. The third-order valence-corrected chi connectivity index (χ3v) is 5.49. The van der Waals surface area contributed by atoms with Gasteiger partial charge in [-0.1, -0.05) is 24.3 Å². The number of hydrogen-bond donors (Lipinski definition) is 0. The highest BCUT2D eigenvalue weighted by atomic mass is 35.5. The van der Waals surface area contributed by atoms with E-state index in [9.17, 15) is 22.8 Å². The fraction of sp³-hybridized carbons (Fsp3) is 0.556. The van der Waals surface area contributed by atoms with Gasteiger partial charge in [0.15, 0.2) is 18.1 Å². The third kappa shape index (κ3) is 3.96. The maximum atomic E-state index is 13.1. The number of ether oxygens (including phenoxy) is 2. The second kappa shape index (κ2) is 7.60. The Balaban J connectivity index is 1.78. The number of alkyl halides is 5. The number of hydrogen-bond acceptors (Lipinski definition) is 4. The van der Waals surface area contributed by atoms with Crippen LogP contribution in [0.15, 0.2) is 24.3 Å². The van der Waals surface area contributed by atoms with Gasteiger partial charge in [0.1, 0.15) is 10.8 Å². The number of carbonyl (C=O) groups excluding carboxylic acids is 2. The lowest BCUT2D eigenvalue weighted by Crippen LogP contribution is -2.44. The Labute approximate surface area is 163 Å². The van der Waals surface area contributed by atoms with Crippen LogP contribution in [0.5, 0.6) is 0 Å². The van der Waals surface area contributed by atoms with E-state index in [1.165, 1.54) is 0 Å². The Morgan fingerprint density at radius 3 is 2.44 bits per heavy atom. The molecule has 148 valence electrons. The van der Waals surface area contributed by atoms with E-state index in [-0.39, 0.29) is 25.7 Å². The number of benzene rings is 1. The van der Waals surface area contributed by atoms with Gasteiger partial charge in [-0.2, -0.15) is 8.78 Å². The van der Waals surface area contributed by atoms with Gasteiger partial charge < -0.3 is 9.47 Å². The molecule has 2 fully saturated rings. The first kappa shape index (κ1) is 20.4. The first-order chi connectivity index (χ1) is 12.7. The van der Waals surface area contributed by atoms with Crippen LogP contribution in [0.4, 0.5) is 13.2 Å². The summed E-state index contributed by atoms with van der Waals surface area (Å²) in [6, 6.07) is 6.55. The smallest absolute Gasteiger partial charge is 0.384 e. The summed E-state index contributed by atoms with van der Waals surface area (Å²) < 4.78 is 48.3. The topological polar surface area (TPSA) is 52.6 Å². The van der Waals surface area contributed by atoms with E-state index < -0.39 is 47.0 Å². The van der Waals surface area contributed by atoms with Crippen LogP contribution < -0.4 is 0 Å². The maximum absolute atomic E-state index is 13.1. The van der Waals surface area contributed by atoms with Gasteiger partial charge in [-0.15, -0.1) is 23.2 Å². The van der Waals surface area contributed by atoms with Gasteiger partial charge >= 0.3 is 12.1 Å². The van der Waals surface area contributed by atoms with Gasteiger partial charge in [-0.05, 0) is 36.8 Å². The molecule has 0 radical (unpaired) electrons. The molecule has 1 aromatic carbocycles. The average molecular weight is 425 g/mol. The highest BCUT2D eigenvalue weighted by Gasteiger charge is 2.57. The van der Waals surface area contributed by atoms with E-state index in [1.807, 2.05) is 0 Å². The number of esters is 1. The van der Waals surface area contributed by atoms with Gasteiger partial charge in [-0.25, -0.2) is 4.39 Å². The minimum absolute atomic E-state index is 0.0362. The standard InChI is InChI=1S/C18H17Cl2F3O4/c19-15(20)12-4-2-1-3-11(12)13-14(24)17(27-16(13)25)7-5-10(6-8-17)26-18(22,23)9-21/h1-4,10,13,15H,5-9H2. The zero-order valence-electron chi connectivity index (χ0n) is 14.1. The highest BCUT2D eigenvalue weighted by Crippen LogP contribution is 2.46. The quantitative estimate of drug-likeness (QED) is 0.392. The molecular weight excluding hydrogens is 408 g/mol. The molecule has 0 amide bonds. The molecule has 1 heterocycles. The van der Waals surface area contributed by atoms with Crippen molar-refractivity contribution in [3.05, 3.63) is 35.4 Å². The van der Waals surface area contributed by atoms with Crippen LogP contribution >= 0.6 is 23.2 Å². The van der Waals surface area contributed by atoms with Crippen LogP contribution in [0.25, 0.3) is 0 Å². The summed E-state index contributed by atoms with van der Waals surface area (Å²) in [4.78, 5) is 24.6. The van der Waals surface area contributed by atoms with Crippen molar-refractivity contribution in [1.29, 1.82) is 0 Å². The predicted molar refractivity (Wildman–Crippen MR) is 91.7 cm³/mol. The summed E-state index contributed by atoms with van der Waals surface area (Å²) in [5.41, 5.74) is -0.567. The van der Waals surface area contributed by atoms with Gasteiger partial charge in [0.05, 0.1) is 6.10 Å². The molecule has 9 heteroatoms. The van der Waals surface area contributed by atoms with E-state index >= 15 is 0 Å². The SMILES string of the molecule is O=C1OC2(CCC(OC(F)(F)CF)CC2)C(=O)C1c1ccccc1C(Cl)Cl. The van der Waals surface area contributed by atoms with Crippen molar-refractivity contribution in [2.45, 2.75) is 54.3 Å². The second-order valence-electron chi connectivity index (χ2n) is 6.73. The number of halogens is 5. The Hall–Kier alpha value is -1.31. The zero-order valence-corrected chi connectivity index (χ0v) is 15.6. The molecule has 0 aromatic heterocycles. The van der Waals surface area contributed by atoms with Crippen molar-refractivity contribution < 1.29 is 32.2 Å². The molecule has 0 bridgehead atoms. The molecule has 0 N–H and O–H groups in total. The van der Waals surface area contributed by atoms with Crippen molar-refractivity contribution in [3.8, 4) is 0 Å². The fourth-order valence-electron chi connectivity index (χ4n) is 3.71. The predicted octanol–water partition coefficient (Wildman–Crippen LogP) is 4.63. The maximum Gasteiger partial charge on any atom is 0.384 e. The lowest BCUT2D eigenvalue weighted by Gasteiger charge is -2.35. The van der Waals surface area contributed by atoms with Gasteiger partial charge in [0.2, 0.25) is 0 Å². The van der Waals surface area contributed by atoms with Crippen molar-refractivity contribution in [2.24, 2.45) is 0 Å². The van der Waals surface area contributed by atoms with Crippen LogP contribution in [0.3, 0.4) is 0 Å². The summed E-state index contributed by atoms with van der Waals surface area (Å²) in [6.45, 7) is -1.92. The normalized spacial score (nSPS) is 28.8. The van der Waals surface area contributed by atoms with Crippen LogP contribution in [0.1, 0.15) is 47.6 Å². The fourth-order valence-corrected chi connectivity index (χ4v) is 4.11. The van der Waals surface area contributed by atoms with E-state index in [4.69, 9.17) is 27.9 Å². The van der Waals surface area contributed by atoms with Crippen LogP contribution in [-0.4, -0.2) is 36.2 Å². The van der Waals surface area contributed by atoms with E-state index in [1.54, 1.807) is 24.3 Å². The number of carbonyl (C=O) groups is 2. The van der Waals surface area contributed by atoms with Gasteiger partial charge in [0, 0.05) is 0 Å². The number of Topliss-reactive ketones (excluding diaryl/α,β-unsaturated/α-hetero) is 1. The average Bonchev–Trinajstić information content (AvgIpc) is 2.87. The Bertz CT molecular complexity index is 733. The molecular formula is C18H17Cl2F3O4. The molecule has 1 saturated carbocycles. The van der Waals surface area contributed by atoms with Crippen LogP contribution in [0.2, 0.25) is 0 Å². The van der Waals surface area contributed by atoms with Gasteiger partial charge in [0.25, 0.3) is 0 Å². The summed E-state index contributed by atoms with van der Waals surface area (Å²) >= 11 is 11.9. The van der Waals surface area contributed by atoms with E-state index in [2.05, 4.69) is 4.74 Å². The molecule has 4 nitrogen and oxygen atoms in total. The molecule has 1 aliphatic carbocycles. The van der Waals surface area contributed by atoms with Crippen molar-refractivity contribution >= 4 is 35.0 Å². The summed E-state index contributed by atoms with van der Waals surface area (Å²) in [7, 11) is 0. The summed E-state index contributed by atoms with van der Waals surface area (Å²) in [5.74, 6) is -2.31. The summed E-state index contributed by atoms with van der Waals surface area (Å²) in [5, 5.41) is 0. The Morgan fingerprint density at radius 1 is 1.22 bits per heavy atom. The largest absolute Gasteiger partial charge is 0.450 e. The first-order valence-electron chi connectivity index (χ1n) is 8.45. The van der Waals surface area contributed by atoms with Crippen LogP contribution in [0, 0.1) is 0 Å². The van der Waals surface area contributed by atoms with Gasteiger partial charge in [-0.3, -0.25) is 9.59 Å². The van der Waals surface area contributed by atoms with Crippen LogP contribution in [-0.2, 0) is 19.1 Å². The third-order valence-electron chi connectivity index (χ3n) is 5.02. The molecule has 1 aliphatic heterocycles. The van der Waals surface area contributed by atoms with E-state index in [0.717, 1.165) is 0 Å². The Morgan fingerprint density at radius 2 is 1.85 bits per heavy atom. The minimum atomic E-state index is -3.86. The lowest BCUT2D eigenvalue weighted by atomic mass is 9.76. The molecule has 1 unspecified atom stereocenters. The minimum Gasteiger partial charge on any atom is -0.450 e. The number of rotatable bonds is 5. The molecule has 1 atom stereocenters. The lowest BCUT2D eigenvalue weighted by molar-refractivity contribution is -0.276. The van der Waals surface area contributed by atoms with Crippen molar-refractivity contribution in [3.63, 3.8) is 0 Å². The van der Waals surface area contributed by atoms with Crippen molar-refractivity contribution in [1.82, 2.24) is 0 Å². The van der Waals surface area contributed by atoms with Crippen molar-refractivity contribution in [2.75, 3.05) is 6.67 Å². The number of ketones is 1. The Kier molecular flexibility index (Phi) is 5.75.